The van der Waals surface area contributed by atoms with Crippen molar-refractivity contribution in [2.45, 2.75) is 6.42 Å². The van der Waals surface area contributed by atoms with Crippen molar-refractivity contribution in [3.63, 3.8) is 0 Å². The van der Waals surface area contributed by atoms with Crippen LogP contribution in [-0.4, -0.2) is 18.6 Å². The van der Waals surface area contributed by atoms with Gasteiger partial charge in [-0.1, -0.05) is 17.7 Å². The van der Waals surface area contributed by atoms with E-state index in [0.717, 1.165) is 24.3 Å². The van der Waals surface area contributed by atoms with Crippen LogP contribution >= 0.6 is 11.6 Å². The van der Waals surface area contributed by atoms with Crippen LogP contribution in [0.3, 0.4) is 0 Å². The summed E-state index contributed by atoms with van der Waals surface area (Å²) in [5.74, 6) is 0.687. The summed E-state index contributed by atoms with van der Waals surface area (Å²) in [7, 11) is 1.61. The summed E-state index contributed by atoms with van der Waals surface area (Å²) >= 11 is 6.05. The fourth-order valence-electron chi connectivity index (χ4n) is 1.66. The molecule has 1 aromatic carbocycles. The first-order valence-corrected chi connectivity index (χ1v) is 6.14. The molecule has 0 radical (unpaired) electrons. The zero-order valence-corrected chi connectivity index (χ0v) is 10.9. The van der Waals surface area contributed by atoms with Crippen LogP contribution in [0.4, 0.5) is 5.69 Å². The molecule has 0 saturated carbocycles. The molecule has 0 atom stereocenters. The molecule has 0 bridgehead atoms. The lowest BCUT2D eigenvalue weighted by atomic mass is 10.2. The van der Waals surface area contributed by atoms with Gasteiger partial charge in [0.15, 0.2) is 0 Å². The number of rotatable bonds is 5. The van der Waals surface area contributed by atoms with Gasteiger partial charge in [0, 0.05) is 30.5 Å². The highest BCUT2D eigenvalue weighted by molar-refractivity contribution is 6.32. The summed E-state index contributed by atoms with van der Waals surface area (Å²) in [5.41, 5.74) is 2.06. The number of pyridine rings is 1. The fourth-order valence-corrected chi connectivity index (χ4v) is 1.91. The third-order valence-corrected chi connectivity index (χ3v) is 2.88. The highest BCUT2D eigenvalue weighted by Gasteiger charge is 2.01. The van der Waals surface area contributed by atoms with Crippen LogP contribution in [0.25, 0.3) is 0 Å². The van der Waals surface area contributed by atoms with E-state index in [1.165, 1.54) is 0 Å². The van der Waals surface area contributed by atoms with Crippen molar-refractivity contribution < 1.29 is 4.74 Å². The van der Waals surface area contributed by atoms with Crippen LogP contribution < -0.4 is 10.1 Å². The molecular weight excluding hydrogens is 248 g/mol. The van der Waals surface area contributed by atoms with Gasteiger partial charge in [0.1, 0.15) is 5.75 Å². The van der Waals surface area contributed by atoms with E-state index in [-0.39, 0.29) is 0 Å². The zero-order chi connectivity index (χ0) is 12.8. The molecule has 1 N–H and O–H groups in total. The Balaban J connectivity index is 1.89. The third-order valence-electron chi connectivity index (χ3n) is 2.59. The number of hydrogen-bond donors (Lipinski definition) is 1. The number of methoxy groups -OCH3 is 1. The second kappa shape index (κ2) is 6.26. The van der Waals surface area contributed by atoms with Crippen LogP contribution in [0.2, 0.25) is 5.02 Å². The first kappa shape index (κ1) is 12.7. The lowest BCUT2D eigenvalue weighted by molar-refractivity contribution is 0.415. The molecule has 0 unspecified atom stereocenters. The van der Waals surface area contributed by atoms with Gasteiger partial charge >= 0.3 is 0 Å². The Kier molecular flexibility index (Phi) is 4.42. The van der Waals surface area contributed by atoms with Gasteiger partial charge in [-0.05, 0) is 30.3 Å². The number of ether oxygens (including phenoxy) is 1. The molecule has 0 aliphatic rings. The average molecular weight is 263 g/mol. The maximum absolute atomic E-state index is 6.05. The van der Waals surface area contributed by atoms with Gasteiger partial charge in [0.2, 0.25) is 0 Å². The maximum atomic E-state index is 6.05. The van der Waals surface area contributed by atoms with Crippen molar-refractivity contribution in [3.05, 3.63) is 53.3 Å². The van der Waals surface area contributed by atoms with Crippen LogP contribution in [-0.2, 0) is 6.42 Å². The highest BCUT2D eigenvalue weighted by Crippen LogP contribution is 2.27. The largest absolute Gasteiger partial charge is 0.495 e. The van der Waals surface area contributed by atoms with Crippen molar-refractivity contribution >= 4 is 17.3 Å². The molecule has 1 aromatic heterocycles. The molecule has 4 heteroatoms. The number of hydrogen-bond acceptors (Lipinski definition) is 3. The minimum atomic E-state index is 0.611. The predicted octanol–water partition coefficient (Wildman–Crippen LogP) is 3.40. The Morgan fingerprint density at radius 1 is 1.28 bits per heavy atom. The number of aromatic nitrogens is 1. The smallest absolute Gasteiger partial charge is 0.137 e. The molecule has 0 aliphatic heterocycles. The van der Waals surface area contributed by atoms with Crippen molar-refractivity contribution in [2.24, 2.45) is 0 Å². The minimum absolute atomic E-state index is 0.611. The third kappa shape index (κ3) is 3.37. The molecule has 3 nitrogen and oxygen atoms in total. The summed E-state index contributed by atoms with van der Waals surface area (Å²) in [4.78, 5) is 4.27. The Labute approximate surface area is 112 Å². The van der Waals surface area contributed by atoms with Crippen LogP contribution in [0.15, 0.2) is 42.6 Å². The molecule has 0 spiro atoms. The second-order valence-electron chi connectivity index (χ2n) is 3.85. The van der Waals surface area contributed by atoms with E-state index in [0.29, 0.717) is 10.8 Å². The lowest BCUT2D eigenvalue weighted by Gasteiger charge is -2.08. The first-order valence-electron chi connectivity index (χ1n) is 5.77. The monoisotopic (exact) mass is 262 g/mol. The van der Waals surface area contributed by atoms with E-state index in [1.54, 1.807) is 13.3 Å². The van der Waals surface area contributed by atoms with Crippen molar-refractivity contribution in [2.75, 3.05) is 19.0 Å². The zero-order valence-electron chi connectivity index (χ0n) is 10.2. The Morgan fingerprint density at radius 3 is 2.83 bits per heavy atom. The first-order chi connectivity index (χ1) is 8.79. The maximum Gasteiger partial charge on any atom is 0.137 e. The van der Waals surface area contributed by atoms with Gasteiger partial charge in [-0.2, -0.15) is 0 Å². The van der Waals surface area contributed by atoms with Crippen LogP contribution in [0.5, 0.6) is 5.75 Å². The molecule has 2 rings (SSSR count). The number of anilines is 1. The Hall–Kier alpha value is -1.74. The topological polar surface area (TPSA) is 34.1 Å². The highest BCUT2D eigenvalue weighted by atomic mass is 35.5. The molecule has 2 aromatic rings. The Bertz CT molecular complexity index is 502. The molecule has 0 fully saturated rings. The molecule has 94 valence electrons. The predicted molar refractivity (Wildman–Crippen MR) is 74.4 cm³/mol. The fraction of sp³-hybridized carbons (Fsp3) is 0.214. The van der Waals surface area contributed by atoms with E-state index in [9.17, 15) is 0 Å². The quantitative estimate of drug-likeness (QED) is 0.897. The summed E-state index contributed by atoms with van der Waals surface area (Å²) in [5, 5.41) is 3.92. The van der Waals surface area contributed by atoms with Crippen LogP contribution in [0, 0.1) is 0 Å². The molecule has 0 saturated heterocycles. The van der Waals surface area contributed by atoms with Crippen molar-refractivity contribution in [1.29, 1.82) is 0 Å². The van der Waals surface area contributed by atoms with Gasteiger partial charge in [-0.25, -0.2) is 0 Å². The average Bonchev–Trinajstić information content (AvgIpc) is 2.40. The van der Waals surface area contributed by atoms with E-state index in [2.05, 4.69) is 10.3 Å². The Morgan fingerprint density at radius 2 is 2.17 bits per heavy atom. The van der Waals surface area contributed by atoms with Gasteiger partial charge in [0.25, 0.3) is 0 Å². The lowest BCUT2D eigenvalue weighted by Crippen LogP contribution is -2.05. The molecule has 0 aliphatic carbocycles. The van der Waals surface area contributed by atoms with E-state index in [4.69, 9.17) is 16.3 Å². The van der Waals surface area contributed by atoms with E-state index >= 15 is 0 Å². The van der Waals surface area contributed by atoms with Crippen LogP contribution in [0.1, 0.15) is 5.69 Å². The number of nitrogens with zero attached hydrogens (tertiary/aromatic N) is 1. The van der Waals surface area contributed by atoms with E-state index < -0.39 is 0 Å². The second-order valence-corrected chi connectivity index (χ2v) is 4.25. The molecular formula is C14H15ClN2O. The number of halogens is 1. The van der Waals surface area contributed by atoms with Gasteiger partial charge in [-0.3, -0.25) is 4.98 Å². The summed E-state index contributed by atoms with van der Waals surface area (Å²) < 4.78 is 5.10. The summed E-state index contributed by atoms with van der Waals surface area (Å²) in [6.45, 7) is 0.819. The number of nitrogens with one attached hydrogen (secondary N) is 1. The number of benzene rings is 1. The standard InChI is InChI=1S/C14H15ClN2O/c1-18-14-6-5-12(10-13(14)15)17-9-7-11-4-2-3-8-16-11/h2-6,8,10,17H,7,9H2,1H3. The summed E-state index contributed by atoms with van der Waals surface area (Å²) in [6, 6.07) is 11.6. The van der Waals surface area contributed by atoms with Gasteiger partial charge < -0.3 is 10.1 Å². The van der Waals surface area contributed by atoms with Gasteiger partial charge in [0.05, 0.1) is 12.1 Å². The molecule has 18 heavy (non-hydrogen) atoms. The van der Waals surface area contributed by atoms with Crippen molar-refractivity contribution in [1.82, 2.24) is 4.98 Å². The SMILES string of the molecule is COc1ccc(NCCc2ccccn2)cc1Cl. The minimum Gasteiger partial charge on any atom is -0.495 e. The molecule has 0 amide bonds. The summed E-state index contributed by atoms with van der Waals surface area (Å²) in [6.07, 6.45) is 2.68. The normalized spacial score (nSPS) is 10.1. The van der Waals surface area contributed by atoms with E-state index in [1.807, 2.05) is 36.4 Å². The molecule has 1 heterocycles. The van der Waals surface area contributed by atoms with Gasteiger partial charge in [-0.15, -0.1) is 0 Å². The van der Waals surface area contributed by atoms with Crippen molar-refractivity contribution in [3.8, 4) is 5.75 Å².